The van der Waals surface area contributed by atoms with Crippen LogP contribution < -0.4 is 10.3 Å². The minimum Gasteiger partial charge on any atom is -0.494 e. The number of hydrogen-bond acceptors (Lipinski definition) is 5. The van der Waals surface area contributed by atoms with Gasteiger partial charge in [0, 0.05) is 4.88 Å². The molecule has 138 valence electrons. The van der Waals surface area contributed by atoms with Crippen molar-refractivity contribution in [3.8, 4) is 5.75 Å². The van der Waals surface area contributed by atoms with E-state index < -0.39 is 0 Å². The fourth-order valence-corrected chi connectivity index (χ4v) is 4.75. The average molecular weight is 389 g/mol. The van der Waals surface area contributed by atoms with Crippen LogP contribution in [0.3, 0.4) is 0 Å². The molecule has 0 fully saturated rings. The lowest BCUT2D eigenvalue weighted by Crippen LogP contribution is -2.11. The number of ether oxygens (including phenoxy) is 1. The summed E-state index contributed by atoms with van der Waals surface area (Å²) in [5, 5.41) is 0.739. The van der Waals surface area contributed by atoms with Gasteiger partial charge in [-0.3, -0.25) is 4.79 Å². The highest BCUT2D eigenvalue weighted by Gasteiger charge is 2.11. The number of aromatic nitrogens is 2. The van der Waals surface area contributed by atoms with Gasteiger partial charge < -0.3 is 9.72 Å². The highest BCUT2D eigenvalue weighted by atomic mass is 32.2. The second kappa shape index (κ2) is 8.27. The quantitative estimate of drug-likeness (QED) is 0.584. The Bertz CT molecular complexity index is 956. The van der Waals surface area contributed by atoms with Crippen LogP contribution in [-0.4, -0.2) is 22.3 Å². The van der Waals surface area contributed by atoms with E-state index in [4.69, 9.17) is 4.74 Å². The van der Waals surface area contributed by atoms with Crippen molar-refractivity contribution in [3.63, 3.8) is 0 Å². The van der Waals surface area contributed by atoms with Crippen molar-refractivity contribution in [2.75, 3.05) is 12.4 Å². The molecule has 3 aromatic rings. The average Bonchev–Trinajstić information content (AvgIpc) is 2.84. The summed E-state index contributed by atoms with van der Waals surface area (Å²) in [6.45, 7) is 8.87. The van der Waals surface area contributed by atoms with Crippen LogP contribution in [-0.2, 0) is 5.75 Å². The number of aromatic amines is 1. The van der Waals surface area contributed by atoms with Gasteiger partial charge in [-0.15, -0.1) is 11.3 Å². The first-order valence-electron chi connectivity index (χ1n) is 8.72. The zero-order chi connectivity index (χ0) is 18.7. The van der Waals surface area contributed by atoms with E-state index in [-0.39, 0.29) is 5.56 Å². The van der Waals surface area contributed by atoms with E-state index in [1.807, 2.05) is 13.8 Å². The highest BCUT2D eigenvalue weighted by Crippen LogP contribution is 2.26. The lowest BCUT2D eigenvalue weighted by atomic mass is 10.1. The van der Waals surface area contributed by atoms with Crippen molar-refractivity contribution in [3.05, 3.63) is 55.9 Å². The van der Waals surface area contributed by atoms with Crippen LogP contribution in [0.1, 0.15) is 33.8 Å². The number of fused-ring (bicyclic) bond motifs is 1. The summed E-state index contributed by atoms with van der Waals surface area (Å²) in [6.07, 6.45) is 0.960. The van der Waals surface area contributed by atoms with Gasteiger partial charge in [0.15, 0.2) is 0 Å². The van der Waals surface area contributed by atoms with Gasteiger partial charge in [0.1, 0.15) is 16.4 Å². The molecule has 0 bridgehead atoms. The number of benzene rings is 1. The van der Waals surface area contributed by atoms with Crippen LogP contribution in [0.4, 0.5) is 0 Å². The molecule has 0 unspecified atom stereocenters. The van der Waals surface area contributed by atoms with E-state index in [9.17, 15) is 4.79 Å². The van der Waals surface area contributed by atoms with Crippen LogP contribution in [0.25, 0.3) is 10.2 Å². The molecule has 1 N–H and O–H groups in total. The fraction of sp³-hybridized carbons (Fsp3) is 0.400. The molecule has 26 heavy (non-hydrogen) atoms. The molecule has 4 nitrogen and oxygen atoms in total. The van der Waals surface area contributed by atoms with E-state index in [1.54, 1.807) is 23.1 Å². The topological polar surface area (TPSA) is 55.0 Å². The molecule has 0 aliphatic carbocycles. The maximum Gasteiger partial charge on any atom is 0.259 e. The van der Waals surface area contributed by atoms with Gasteiger partial charge in [-0.05, 0) is 68.7 Å². The minimum atomic E-state index is -0.0226. The lowest BCUT2D eigenvalue weighted by Gasteiger charge is -2.08. The number of hydrogen-bond donors (Lipinski definition) is 1. The second-order valence-electron chi connectivity index (χ2n) is 6.55. The SMILES string of the molecule is Cc1cc(C)cc(OCCCSCc2nc3sc(C)c(C)c3c(=O)[nH]2)c1. The van der Waals surface area contributed by atoms with Crippen LogP contribution in [0, 0.1) is 27.7 Å². The van der Waals surface area contributed by atoms with E-state index in [0.29, 0.717) is 12.4 Å². The molecule has 0 radical (unpaired) electrons. The Morgan fingerprint density at radius 3 is 2.62 bits per heavy atom. The number of nitrogens with zero attached hydrogens (tertiary/aromatic N) is 1. The van der Waals surface area contributed by atoms with Gasteiger partial charge >= 0.3 is 0 Å². The van der Waals surface area contributed by atoms with Crippen molar-refractivity contribution in [2.45, 2.75) is 39.9 Å². The Labute approximate surface area is 162 Å². The molecule has 0 atom stereocenters. The molecular formula is C20H24N2O2S2. The Morgan fingerprint density at radius 2 is 1.88 bits per heavy atom. The van der Waals surface area contributed by atoms with Gasteiger partial charge in [0.2, 0.25) is 0 Å². The molecule has 0 saturated heterocycles. The van der Waals surface area contributed by atoms with Crippen molar-refractivity contribution in [2.24, 2.45) is 0 Å². The van der Waals surface area contributed by atoms with E-state index in [2.05, 4.69) is 42.0 Å². The summed E-state index contributed by atoms with van der Waals surface area (Å²) in [4.78, 5) is 21.8. The molecule has 0 saturated carbocycles. The molecule has 2 aromatic heterocycles. The highest BCUT2D eigenvalue weighted by molar-refractivity contribution is 7.98. The standard InChI is InChI=1S/C20H24N2O2S2/c1-12-8-13(2)10-16(9-12)24-6-5-7-25-11-17-21-19(23)18-14(3)15(4)26-20(18)22-17/h8-10H,5-7,11H2,1-4H3,(H,21,22,23). The third kappa shape index (κ3) is 4.48. The zero-order valence-electron chi connectivity index (χ0n) is 15.6. The molecule has 2 heterocycles. The molecule has 3 rings (SSSR count). The number of thiophene rings is 1. The number of thioether (sulfide) groups is 1. The van der Waals surface area contributed by atoms with E-state index in [0.717, 1.165) is 44.4 Å². The zero-order valence-corrected chi connectivity index (χ0v) is 17.3. The molecule has 0 aliphatic heterocycles. The van der Waals surface area contributed by atoms with Gasteiger partial charge in [-0.1, -0.05) is 6.07 Å². The third-order valence-corrected chi connectivity index (χ3v) is 6.38. The first-order chi connectivity index (χ1) is 12.4. The van der Waals surface area contributed by atoms with Gasteiger partial charge in [-0.2, -0.15) is 11.8 Å². The Hall–Kier alpha value is -1.79. The van der Waals surface area contributed by atoms with Crippen molar-refractivity contribution < 1.29 is 4.74 Å². The number of H-pyrrole nitrogens is 1. The summed E-state index contributed by atoms with van der Waals surface area (Å²) >= 11 is 3.36. The smallest absolute Gasteiger partial charge is 0.259 e. The van der Waals surface area contributed by atoms with Crippen LogP contribution in [0.15, 0.2) is 23.0 Å². The number of rotatable bonds is 7. The first kappa shape index (κ1) is 19.0. The third-order valence-electron chi connectivity index (χ3n) is 4.22. The first-order valence-corrected chi connectivity index (χ1v) is 10.7. The summed E-state index contributed by atoms with van der Waals surface area (Å²) in [5.41, 5.74) is 3.46. The Kier molecular flexibility index (Phi) is 6.04. The Morgan fingerprint density at radius 1 is 1.15 bits per heavy atom. The molecule has 6 heteroatoms. The van der Waals surface area contributed by atoms with Gasteiger partial charge in [-0.25, -0.2) is 4.98 Å². The van der Waals surface area contributed by atoms with Crippen molar-refractivity contribution in [1.82, 2.24) is 9.97 Å². The minimum absolute atomic E-state index is 0.0226. The fourth-order valence-electron chi connectivity index (χ4n) is 2.90. The van der Waals surface area contributed by atoms with Crippen molar-refractivity contribution in [1.29, 1.82) is 0 Å². The van der Waals surface area contributed by atoms with Gasteiger partial charge in [0.05, 0.1) is 17.7 Å². The molecule has 0 amide bonds. The Balaban J connectivity index is 1.48. The number of nitrogens with one attached hydrogen (secondary N) is 1. The van der Waals surface area contributed by atoms with E-state index in [1.165, 1.54) is 11.1 Å². The summed E-state index contributed by atoms with van der Waals surface area (Å²) < 4.78 is 5.83. The second-order valence-corrected chi connectivity index (χ2v) is 8.86. The van der Waals surface area contributed by atoms with Crippen LogP contribution >= 0.6 is 23.1 Å². The maximum atomic E-state index is 12.3. The molecule has 1 aromatic carbocycles. The van der Waals surface area contributed by atoms with Crippen LogP contribution in [0.2, 0.25) is 0 Å². The summed E-state index contributed by atoms with van der Waals surface area (Å²) in [6, 6.07) is 6.27. The largest absolute Gasteiger partial charge is 0.494 e. The molecular weight excluding hydrogens is 364 g/mol. The lowest BCUT2D eigenvalue weighted by molar-refractivity contribution is 0.318. The van der Waals surface area contributed by atoms with Gasteiger partial charge in [0.25, 0.3) is 5.56 Å². The normalized spacial score (nSPS) is 11.2. The molecule has 0 spiro atoms. The van der Waals surface area contributed by atoms with E-state index >= 15 is 0 Å². The maximum absolute atomic E-state index is 12.3. The van der Waals surface area contributed by atoms with Crippen LogP contribution in [0.5, 0.6) is 5.75 Å². The van der Waals surface area contributed by atoms with Crippen molar-refractivity contribution >= 4 is 33.3 Å². The predicted octanol–water partition coefficient (Wildman–Crippen LogP) is 4.92. The summed E-state index contributed by atoms with van der Waals surface area (Å²) in [5.74, 6) is 3.37. The monoisotopic (exact) mass is 388 g/mol. The number of aryl methyl sites for hydroxylation is 4. The molecule has 0 aliphatic rings. The summed E-state index contributed by atoms with van der Waals surface area (Å²) in [7, 11) is 0. The predicted molar refractivity (Wildman–Crippen MR) is 112 cm³/mol.